The van der Waals surface area contributed by atoms with E-state index in [1.54, 1.807) is 0 Å². The van der Waals surface area contributed by atoms with Crippen LogP contribution in [0.25, 0.3) is 0 Å². The molecular weight excluding hydrogens is 186 g/mol. The van der Waals surface area contributed by atoms with Gasteiger partial charge in [-0.05, 0) is 6.08 Å². The number of hydrogen-bond donors (Lipinski definition) is 1. The second-order valence-corrected chi connectivity index (χ2v) is 2.32. The molecule has 0 saturated heterocycles. The van der Waals surface area contributed by atoms with Crippen molar-refractivity contribution in [2.24, 2.45) is 0 Å². The summed E-state index contributed by atoms with van der Waals surface area (Å²) in [5.74, 6) is 0.577. The molecule has 1 rings (SSSR count). The first kappa shape index (κ1) is 6.45. The van der Waals surface area contributed by atoms with Gasteiger partial charge in [0.15, 0.2) is 5.76 Å². The summed E-state index contributed by atoms with van der Waals surface area (Å²) in [5, 5.41) is 2.46. The highest BCUT2D eigenvalue weighted by Gasteiger charge is 2.17. The fourth-order valence-electron chi connectivity index (χ4n) is 0.870. The summed E-state index contributed by atoms with van der Waals surface area (Å²) in [6, 6.07) is 0. The average molecular weight is 198 g/mol. The van der Waals surface area contributed by atoms with Crippen LogP contribution < -0.4 is 5.32 Å². The monoisotopic (exact) mass is 198 g/mol. The van der Waals surface area contributed by atoms with Gasteiger partial charge in [-0.3, -0.25) is 0 Å². The van der Waals surface area contributed by atoms with Crippen molar-refractivity contribution in [2.45, 2.75) is 0 Å². The van der Waals surface area contributed by atoms with Crippen molar-refractivity contribution in [1.82, 2.24) is 5.32 Å². The zero-order valence-corrected chi connectivity index (χ0v) is 7.29. The molecule has 0 radical (unpaired) electrons. The van der Waals surface area contributed by atoms with Crippen molar-refractivity contribution >= 4 is 11.9 Å². The number of hydrogen-bond acceptors (Lipinski definition) is 5. The quantitative estimate of drug-likeness (QED) is 0.495. The van der Waals surface area contributed by atoms with E-state index < -0.39 is 13.0 Å². The van der Waals surface area contributed by atoms with Gasteiger partial charge < -0.3 is 14.8 Å². The summed E-state index contributed by atoms with van der Waals surface area (Å²) in [4.78, 5) is 21.8. The summed E-state index contributed by atoms with van der Waals surface area (Å²) in [6.07, 6.45) is 2.18. The molecule has 0 aliphatic carbocycles. The summed E-state index contributed by atoms with van der Waals surface area (Å²) < 4.78 is 29.6. The van der Waals surface area contributed by atoms with Gasteiger partial charge in [-0.25, -0.2) is 9.59 Å². The van der Waals surface area contributed by atoms with Gasteiger partial charge in [0.2, 0.25) is 0 Å². The molecule has 0 aromatic rings. The van der Waals surface area contributed by atoms with E-state index >= 15 is 0 Å². The molecule has 0 spiro atoms. The average Bonchev–Trinajstić information content (AvgIpc) is 2.26. The van der Waals surface area contributed by atoms with Gasteiger partial charge in [0, 0.05) is 6.20 Å². The van der Waals surface area contributed by atoms with Gasteiger partial charge >= 0.3 is 5.97 Å². The van der Waals surface area contributed by atoms with Crippen LogP contribution in [0.1, 0.15) is 4.11 Å². The molecule has 0 aromatic heterocycles. The topological polar surface area (TPSA) is 64.6 Å². The predicted molar refractivity (Wildman–Crippen MR) is 47.5 cm³/mol. The van der Waals surface area contributed by atoms with Crippen LogP contribution in [0.15, 0.2) is 29.3 Å². The van der Waals surface area contributed by atoms with Crippen LogP contribution in [0, 0.1) is 0 Å². The zero-order valence-electron chi connectivity index (χ0n) is 10.3. The van der Waals surface area contributed by atoms with Crippen LogP contribution in [0.4, 0.5) is 0 Å². The molecule has 5 nitrogen and oxygen atoms in total. The maximum Gasteiger partial charge on any atom is 0.354 e. The molecule has 1 N–H and O–H groups in total. The normalized spacial score (nSPS) is 18.6. The van der Waals surface area contributed by atoms with Gasteiger partial charge in [0.25, 0.3) is 0 Å². The Bertz CT molecular complexity index is 444. The number of esters is 1. The maximum atomic E-state index is 11.1. The Hall–Kier alpha value is -2.00. The molecule has 0 atom stereocenters. The van der Waals surface area contributed by atoms with Gasteiger partial charge in [0.1, 0.15) is 17.2 Å². The molecule has 74 valence electrons. The SMILES string of the molecule is [2H]C([2H])([2H])OC1=CNC(C(=O)OC)=CC1=C=O. The molecule has 0 bridgehead atoms. The van der Waals surface area contributed by atoms with Crippen molar-refractivity contribution in [1.29, 1.82) is 0 Å². The highest BCUT2D eigenvalue weighted by molar-refractivity contribution is 5.90. The standard InChI is InChI=1S/C9H9NO4/c1-13-8-4-10-7(9(12)14-2)3-6(8)5-11/h3-4,10H,1-2H3/i1D3. The van der Waals surface area contributed by atoms with E-state index in [1.807, 2.05) is 0 Å². The molecule has 1 aliphatic rings. The summed E-state index contributed by atoms with van der Waals surface area (Å²) >= 11 is 0. The van der Waals surface area contributed by atoms with E-state index in [2.05, 4.69) is 14.8 Å². The van der Waals surface area contributed by atoms with Gasteiger partial charge in [-0.15, -0.1) is 0 Å². The number of ether oxygens (including phenoxy) is 2. The Morgan fingerprint density at radius 1 is 1.71 bits per heavy atom. The van der Waals surface area contributed by atoms with Crippen LogP contribution in [0.2, 0.25) is 0 Å². The highest BCUT2D eigenvalue weighted by Crippen LogP contribution is 2.15. The second-order valence-electron chi connectivity index (χ2n) is 2.32. The molecular formula is C9H9NO4. The third-order valence-corrected chi connectivity index (χ3v) is 1.54. The van der Waals surface area contributed by atoms with Gasteiger partial charge in [0.05, 0.1) is 18.3 Å². The van der Waals surface area contributed by atoms with Crippen LogP contribution in [0.3, 0.4) is 0 Å². The lowest BCUT2D eigenvalue weighted by Gasteiger charge is -2.13. The Labute approximate surface area is 84.9 Å². The van der Waals surface area contributed by atoms with Gasteiger partial charge in [-0.2, -0.15) is 0 Å². The predicted octanol–water partition coefficient (Wildman–Crippen LogP) is -0.108. The molecule has 0 amide bonds. The third-order valence-electron chi connectivity index (χ3n) is 1.54. The molecule has 5 heteroatoms. The largest absolute Gasteiger partial charge is 0.494 e. The second kappa shape index (κ2) is 4.30. The number of nitrogens with one attached hydrogen (secondary N) is 1. The number of carbonyl (C=O) groups is 1. The zero-order chi connectivity index (χ0) is 13.1. The van der Waals surface area contributed by atoms with E-state index in [9.17, 15) is 9.59 Å². The molecule has 0 unspecified atom stereocenters. The lowest BCUT2D eigenvalue weighted by atomic mass is 10.1. The molecule has 0 fully saturated rings. The first-order chi connectivity index (χ1) is 7.87. The number of dihydropyridines is 1. The fraction of sp³-hybridized carbons (Fsp3) is 0.222. The molecule has 14 heavy (non-hydrogen) atoms. The number of allylic oxidation sites excluding steroid dienone is 1. The van der Waals surface area contributed by atoms with E-state index in [1.165, 1.54) is 13.1 Å². The number of methoxy groups -OCH3 is 2. The Morgan fingerprint density at radius 3 is 3.07 bits per heavy atom. The van der Waals surface area contributed by atoms with Crippen molar-refractivity contribution in [3.8, 4) is 0 Å². The van der Waals surface area contributed by atoms with E-state index in [4.69, 9.17) is 4.11 Å². The lowest BCUT2D eigenvalue weighted by Crippen LogP contribution is -2.21. The Balaban J connectivity index is 2.93. The minimum absolute atomic E-state index is 0.0104. The van der Waals surface area contributed by atoms with E-state index in [-0.39, 0.29) is 17.0 Å². The van der Waals surface area contributed by atoms with E-state index in [0.717, 1.165) is 12.3 Å². The summed E-state index contributed by atoms with van der Waals surface area (Å²) in [5.41, 5.74) is -0.191. The van der Waals surface area contributed by atoms with Crippen molar-refractivity contribution in [3.05, 3.63) is 29.3 Å². The van der Waals surface area contributed by atoms with E-state index in [0.29, 0.717) is 0 Å². The maximum absolute atomic E-state index is 11.1. The summed E-state index contributed by atoms with van der Waals surface area (Å²) in [6.45, 7) is 0. The first-order valence-corrected chi connectivity index (χ1v) is 3.58. The summed E-state index contributed by atoms with van der Waals surface area (Å²) in [7, 11) is -1.51. The van der Waals surface area contributed by atoms with Crippen molar-refractivity contribution < 1.29 is 23.2 Å². The fourth-order valence-corrected chi connectivity index (χ4v) is 0.870. The number of rotatable bonds is 2. The van der Waals surface area contributed by atoms with Crippen molar-refractivity contribution in [3.63, 3.8) is 0 Å². The first-order valence-electron chi connectivity index (χ1n) is 5.08. The van der Waals surface area contributed by atoms with Crippen LogP contribution in [-0.2, 0) is 19.1 Å². The molecule has 1 heterocycles. The molecule has 1 aliphatic heterocycles. The Kier molecular flexibility index (Phi) is 1.98. The van der Waals surface area contributed by atoms with Crippen LogP contribution in [0.5, 0.6) is 0 Å². The number of carbonyl (C=O) groups excluding carboxylic acids is 2. The van der Waals surface area contributed by atoms with Crippen LogP contribution >= 0.6 is 0 Å². The van der Waals surface area contributed by atoms with Crippen LogP contribution in [-0.4, -0.2) is 26.1 Å². The Morgan fingerprint density at radius 2 is 2.50 bits per heavy atom. The minimum Gasteiger partial charge on any atom is -0.494 e. The third kappa shape index (κ3) is 1.84. The lowest BCUT2D eigenvalue weighted by molar-refractivity contribution is -0.136. The highest BCUT2D eigenvalue weighted by atomic mass is 16.5. The molecule has 0 saturated carbocycles. The minimum atomic E-state index is -2.69. The molecule has 0 aromatic carbocycles. The van der Waals surface area contributed by atoms with Gasteiger partial charge in [-0.1, -0.05) is 0 Å². The van der Waals surface area contributed by atoms with Crippen molar-refractivity contribution in [2.75, 3.05) is 14.1 Å². The smallest absolute Gasteiger partial charge is 0.354 e.